The first-order chi connectivity index (χ1) is 11.2. The van der Waals surface area contributed by atoms with Crippen LogP contribution in [0.25, 0.3) is 0 Å². The Bertz CT molecular complexity index is 258. The normalized spacial score (nSPS) is 12.2. The van der Waals surface area contributed by atoms with Crippen molar-refractivity contribution in [2.45, 2.75) is 110 Å². The molecule has 0 saturated carbocycles. The quantitative estimate of drug-likeness (QED) is 0.296. The molecule has 0 aliphatic carbocycles. The molecule has 0 aromatic heterocycles. The van der Waals surface area contributed by atoms with Crippen LogP contribution in [0, 0.1) is 0 Å². The molecule has 0 radical (unpaired) electrons. The third-order valence-electron chi connectivity index (χ3n) is 4.70. The van der Waals surface area contributed by atoms with Gasteiger partial charge in [0.15, 0.2) is 0 Å². The standard InChI is InChI=1S/C20H41NO2.Na/c1-4-7-9-11-13-15-17-21(19(6-3)20(22)23)18-16-14-12-10-8-5-2;/h19H,4-18H2,1-3H3,(H,22,23);/q;+1/p-1. The monoisotopic (exact) mass is 349 g/mol. The van der Waals surface area contributed by atoms with Crippen LogP contribution in [0.5, 0.6) is 0 Å². The van der Waals surface area contributed by atoms with Gasteiger partial charge in [-0.05, 0) is 32.4 Å². The van der Waals surface area contributed by atoms with E-state index in [0.717, 1.165) is 25.9 Å². The van der Waals surface area contributed by atoms with Gasteiger partial charge in [0.05, 0.1) is 5.97 Å². The van der Waals surface area contributed by atoms with Crippen molar-refractivity contribution in [3.05, 3.63) is 0 Å². The van der Waals surface area contributed by atoms with Crippen LogP contribution in [0.2, 0.25) is 0 Å². The molecule has 24 heavy (non-hydrogen) atoms. The Hall–Kier alpha value is 0.430. The maximum absolute atomic E-state index is 11.4. The molecule has 0 amide bonds. The Morgan fingerprint density at radius 2 is 1.12 bits per heavy atom. The third kappa shape index (κ3) is 14.7. The van der Waals surface area contributed by atoms with Crippen molar-refractivity contribution in [3.63, 3.8) is 0 Å². The van der Waals surface area contributed by atoms with Gasteiger partial charge < -0.3 is 9.90 Å². The molecule has 0 bridgehead atoms. The predicted molar refractivity (Wildman–Crippen MR) is 97.4 cm³/mol. The molecular weight excluding hydrogens is 309 g/mol. The molecule has 4 heteroatoms. The number of carboxylic acid groups (broad SMARTS) is 1. The molecule has 0 spiro atoms. The zero-order valence-electron chi connectivity index (χ0n) is 16.9. The van der Waals surface area contributed by atoms with E-state index in [2.05, 4.69) is 18.7 Å². The van der Waals surface area contributed by atoms with Crippen molar-refractivity contribution in [2.75, 3.05) is 13.1 Å². The molecule has 0 aliphatic heterocycles. The van der Waals surface area contributed by atoms with E-state index in [9.17, 15) is 9.90 Å². The van der Waals surface area contributed by atoms with Crippen molar-refractivity contribution in [1.29, 1.82) is 0 Å². The minimum Gasteiger partial charge on any atom is -0.548 e. The smallest absolute Gasteiger partial charge is 0.548 e. The molecule has 138 valence electrons. The summed E-state index contributed by atoms with van der Waals surface area (Å²) in [6.45, 7) is 8.24. The number of carbonyl (C=O) groups is 1. The zero-order valence-corrected chi connectivity index (χ0v) is 18.9. The molecule has 0 aromatic carbocycles. The van der Waals surface area contributed by atoms with Gasteiger partial charge in [0.25, 0.3) is 0 Å². The predicted octanol–water partition coefficient (Wildman–Crippen LogP) is 1.54. The first-order valence-electron chi connectivity index (χ1n) is 10.1. The number of hydrogen-bond donors (Lipinski definition) is 0. The maximum Gasteiger partial charge on any atom is 1.00 e. The van der Waals surface area contributed by atoms with Gasteiger partial charge in [-0.1, -0.05) is 85.0 Å². The van der Waals surface area contributed by atoms with Gasteiger partial charge in [-0.3, -0.25) is 4.90 Å². The fourth-order valence-corrected chi connectivity index (χ4v) is 3.19. The van der Waals surface area contributed by atoms with Crippen molar-refractivity contribution < 1.29 is 39.5 Å². The first kappa shape index (κ1) is 26.7. The summed E-state index contributed by atoms with van der Waals surface area (Å²) in [5.41, 5.74) is 0. The largest absolute Gasteiger partial charge is 1.00 e. The summed E-state index contributed by atoms with van der Waals surface area (Å²) in [5, 5.41) is 11.4. The van der Waals surface area contributed by atoms with Crippen LogP contribution in [0.3, 0.4) is 0 Å². The summed E-state index contributed by atoms with van der Waals surface area (Å²) in [7, 11) is 0. The van der Waals surface area contributed by atoms with Crippen LogP contribution in [0.4, 0.5) is 0 Å². The van der Waals surface area contributed by atoms with Crippen molar-refractivity contribution in [2.24, 2.45) is 0 Å². The summed E-state index contributed by atoms with van der Waals surface area (Å²) >= 11 is 0. The van der Waals surface area contributed by atoms with Gasteiger partial charge in [-0.25, -0.2) is 0 Å². The van der Waals surface area contributed by atoms with Gasteiger partial charge in [0.2, 0.25) is 0 Å². The number of unbranched alkanes of at least 4 members (excludes halogenated alkanes) is 10. The molecule has 0 heterocycles. The number of rotatable bonds is 17. The second-order valence-electron chi connectivity index (χ2n) is 6.81. The van der Waals surface area contributed by atoms with E-state index in [1.807, 2.05) is 6.92 Å². The van der Waals surface area contributed by atoms with Crippen molar-refractivity contribution in [3.8, 4) is 0 Å². The second kappa shape index (κ2) is 19.8. The Balaban J connectivity index is 0. The third-order valence-corrected chi connectivity index (χ3v) is 4.70. The van der Waals surface area contributed by atoms with Gasteiger partial charge in [-0.2, -0.15) is 0 Å². The maximum atomic E-state index is 11.4. The SMILES string of the molecule is CCCCCCCCN(CCCCCCCC)C(CC)C(=O)[O-].[Na+]. The van der Waals surface area contributed by atoms with Crippen LogP contribution in [0.1, 0.15) is 104 Å². The van der Waals surface area contributed by atoms with E-state index in [1.54, 1.807) is 0 Å². The fraction of sp³-hybridized carbons (Fsp3) is 0.950. The van der Waals surface area contributed by atoms with Crippen LogP contribution in [-0.2, 0) is 4.79 Å². The van der Waals surface area contributed by atoms with E-state index in [-0.39, 0.29) is 29.6 Å². The summed E-state index contributed by atoms with van der Waals surface area (Å²) in [6, 6.07) is -0.402. The van der Waals surface area contributed by atoms with E-state index in [4.69, 9.17) is 0 Å². The Kier molecular flexibility index (Phi) is 21.9. The van der Waals surface area contributed by atoms with E-state index < -0.39 is 12.0 Å². The van der Waals surface area contributed by atoms with Crippen molar-refractivity contribution >= 4 is 5.97 Å². The summed E-state index contributed by atoms with van der Waals surface area (Å²) in [5.74, 6) is -0.899. The number of carbonyl (C=O) groups excluding carboxylic acids is 1. The molecule has 0 aromatic rings. The van der Waals surface area contributed by atoms with Gasteiger partial charge >= 0.3 is 29.6 Å². The molecular formula is C20H40NNaO2. The van der Waals surface area contributed by atoms with Crippen LogP contribution < -0.4 is 34.7 Å². The molecule has 1 unspecified atom stereocenters. The Morgan fingerprint density at radius 3 is 1.46 bits per heavy atom. The van der Waals surface area contributed by atoms with E-state index in [1.165, 1.54) is 64.2 Å². The van der Waals surface area contributed by atoms with Crippen LogP contribution in [0.15, 0.2) is 0 Å². The molecule has 0 saturated heterocycles. The fourth-order valence-electron chi connectivity index (χ4n) is 3.19. The number of nitrogens with zero attached hydrogens (tertiary/aromatic N) is 1. The molecule has 1 atom stereocenters. The van der Waals surface area contributed by atoms with Crippen LogP contribution >= 0.6 is 0 Å². The molecule has 0 fully saturated rings. The Labute approximate surface area is 173 Å². The molecule has 0 aliphatic rings. The zero-order chi connectivity index (χ0) is 17.3. The first-order valence-corrected chi connectivity index (χ1v) is 10.1. The average molecular weight is 350 g/mol. The molecule has 0 rings (SSSR count). The summed E-state index contributed by atoms with van der Waals surface area (Å²) in [4.78, 5) is 13.5. The van der Waals surface area contributed by atoms with Gasteiger partial charge in [0.1, 0.15) is 0 Å². The number of carboxylic acids is 1. The van der Waals surface area contributed by atoms with E-state index >= 15 is 0 Å². The Morgan fingerprint density at radius 1 is 0.750 bits per heavy atom. The second-order valence-corrected chi connectivity index (χ2v) is 6.81. The number of aliphatic carboxylic acids is 1. The van der Waals surface area contributed by atoms with Gasteiger partial charge in [0, 0.05) is 6.04 Å². The number of hydrogen-bond acceptors (Lipinski definition) is 3. The summed E-state index contributed by atoms with van der Waals surface area (Å²) < 4.78 is 0. The van der Waals surface area contributed by atoms with E-state index in [0.29, 0.717) is 6.42 Å². The topological polar surface area (TPSA) is 43.4 Å². The van der Waals surface area contributed by atoms with Gasteiger partial charge in [-0.15, -0.1) is 0 Å². The molecule has 0 N–H and O–H groups in total. The minimum absolute atomic E-state index is 0. The minimum atomic E-state index is -0.899. The molecule has 3 nitrogen and oxygen atoms in total. The average Bonchev–Trinajstić information content (AvgIpc) is 2.53. The van der Waals surface area contributed by atoms with Crippen molar-refractivity contribution in [1.82, 2.24) is 4.90 Å². The summed E-state index contributed by atoms with van der Waals surface area (Å²) in [6.07, 6.45) is 15.7. The van der Waals surface area contributed by atoms with Crippen LogP contribution in [-0.4, -0.2) is 30.0 Å².